The maximum atomic E-state index is 12.0. The molecule has 0 spiro atoms. The van der Waals surface area contributed by atoms with Crippen LogP contribution in [0.15, 0.2) is 54.6 Å². The van der Waals surface area contributed by atoms with Gasteiger partial charge in [-0.05, 0) is 60.7 Å². The van der Waals surface area contributed by atoms with E-state index in [1.807, 2.05) is 12.1 Å². The second kappa shape index (κ2) is 8.98. The van der Waals surface area contributed by atoms with E-state index in [-0.39, 0.29) is 11.6 Å². The van der Waals surface area contributed by atoms with Crippen molar-refractivity contribution in [2.45, 2.75) is 25.8 Å². The minimum atomic E-state index is -0.448. The van der Waals surface area contributed by atoms with Crippen molar-refractivity contribution in [2.24, 2.45) is 0 Å². The lowest BCUT2D eigenvalue weighted by atomic mass is 10.1. The van der Waals surface area contributed by atoms with Gasteiger partial charge in [-0.2, -0.15) is 0 Å². The van der Waals surface area contributed by atoms with Gasteiger partial charge in [0.05, 0.1) is 4.92 Å². The molecule has 0 aliphatic carbocycles. The Morgan fingerprint density at radius 1 is 1.04 bits per heavy atom. The average molecular weight is 365 g/mol. The van der Waals surface area contributed by atoms with Crippen LogP contribution in [-0.4, -0.2) is 23.9 Å². The molecule has 3 rings (SSSR count). The Kier molecular flexibility index (Phi) is 6.20. The van der Waals surface area contributed by atoms with Crippen molar-refractivity contribution in [3.8, 4) is 0 Å². The molecule has 140 valence electrons. The Balaban J connectivity index is 1.49. The van der Waals surface area contributed by atoms with Crippen LogP contribution in [0.25, 0.3) is 6.08 Å². The van der Waals surface area contributed by atoms with Gasteiger partial charge in [0, 0.05) is 43.5 Å². The van der Waals surface area contributed by atoms with Gasteiger partial charge in [-0.25, -0.2) is 0 Å². The normalized spacial score (nSPS) is 14.3. The standard InChI is InChI=1S/C21H23N3O3/c25-21(13-8-17-4-11-20(12-5-17)24(26)27)22-16-18-6-9-19(10-7-18)23-14-2-1-3-15-23/h4-13H,1-3,14-16H2,(H,22,25)/b13-8+. The van der Waals surface area contributed by atoms with Gasteiger partial charge in [-0.3, -0.25) is 14.9 Å². The molecule has 6 heteroatoms. The second-order valence-electron chi connectivity index (χ2n) is 6.61. The van der Waals surface area contributed by atoms with Crippen molar-refractivity contribution < 1.29 is 9.72 Å². The van der Waals surface area contributed by atoms with Crippen LogP contribution in [0, 0.1) is 10.1 Å². The van der Waals surface area contributed by atoms with Gasteiger partial charge in [0.15, 0.2) is 0 Å². The molecule has 6 nitrogen and oxygen atoms in total. The Morgan fingerprint density at radius 2 is 1.70 bits per heavy atom. The molecule has 0 aromatic heterocycles. The number of anilines is 1. The topological polar surface area (TPSA) is 75.5 Å². The van der Waals surface area contributed by atoms with Crippen molar-refractivity contribution in [1.29, 1.82) is 0 Å². The van der Waals surface area contributed by atoms with Crippen molar-refractivity contribution in [3.05, 3.63) is 75.8 Å². The first-order valence-corrected chi connectivity index (χ1v) is 9.16. The lowest BCUT2D eigenvalue weighted by Crippen LogP contribution is -2.29. The van der Waals surface area contributed by atoms with Crippen molar-refractivity contribution >= 4 is 23.4 Å². The predicted molar refractivity (Wildman–Crippen MR) is 106 cm³/mol. The SMILES string of the molecule is O=C(/C=C/c1ccc([N+](=O)[O-])cc1)NCc1ccc(N2CCCCC2)cc1. The molecule has 0 atom stereocenters. The molecule has 2 aromatic rings. The molecular weight excluding hydrogens is 342 g/mol. The monoisotopic (exact) mass is 365 g/mol. The number of hydrogen-bond donors (Lipinski definition) is 1. The molecule has 1 amide bonds. The molecule has 0 radical (unpaired) electrons. The summed E-state index contributed by atoms with van der Waals surface area (Å²) in [5.74, 6) is -0.201. The Hall–Kier alpha value is -3.15. The molecule has 0 bridgehead atoms. The number of rotatable bonds is 6. The first-order chi connectivity index (χ1) is 13.1. The zero-order valence-corrected chi connectivity index (χ0v) is 15.1. The summed E-state index contributed by atoms with van der Waals surface area (Å²) in [6.07, 6.45) is 6.88. The number of piperidine rings is 1. The Bertz CT molecular complexity index is 808. The van der Waals surface area contributed by atoms with E-state index in [1.54, 1.807) is 18.2 Å². The number of amides is 1. The number of nitrogens with zero attached hydrogens (tertiary/aromatic N) is 2. The van der Waals surface area contributed by atoms with Crippen molar-refractivity contribution in [2.75, 3.05) is 18.0 Å². The zero-order valence-electron chi connectivity index (χ0n) is 15.1. The van der Waals surface area contributed by atoms with Crippen LogP contribution in [0.3, 0.4) is 0 Å². The van der Waals surface area contributed by atoms with Gasteiger partial charge in [0.2, 0.25) is 5.91 Å². The fourth-order valence-corrected chi connectivity index (χ4v) is 3.10. The molecule has 1 saturated heterocycles. The van der Waals surface area contributed by atoms with E-state index in [2.05, 4.69) is 22.3 Å². The summed E-state index contributed by atoms with van der Waals surface area (Å²) in [5, 5.41) is 13.5. The lowest BCUT2D eigenvalue weighted by molar-refractivity contribution is -0.384. The van der Waals surface area contributed by atoms with E-state index in [0.717, 1.165) is 24.2 Å². The Labute approximate surface area is 158 Å². The fraction of sp³-hybridized carbons (Fsp3) is 0.286. The predicted octanol–water partition coefficient (Wildman–Crippen LogP) is 3.91. The number of nitro groups is 1. The Morgan fingerprint density at radius 3 is 2.33 bits per heavy atom. The summed E-state index contributed by atoms with van der Waals surface area (Å²) in [6.45, 7) is 2.69. The van der Waals surface area contributed by atoms with Crippen LogP contribution < -0.4 is 10.2 Å². The van der Waals surface area contributed by atoms with Crippen molar-refractivity contribution in [1.82, 2.24) is 5.32 Å². The van der Waals surface area contributed by atoms with E-state index in [4.69, 9.17) is 0 Å². The smallest absolute Gasteiger partial charge is 0.269 e. The molecule has 1 aliphatic rings. The lowest BCUT2D eigenvalue weighted by Gasteiger charge is -2.28. The number of nitrogens with one attached hydrogen (secondary N) is 1. The largest absolute Gasteiger partial charge is 0.372 e. The van der Waals surface area contributed by atoms with E-state index in [1.165, 1.54) is 43.2 Å². The second-order valence-corrected chi connectivity index (χ2v) is 6.61. The van der Waals surface area contributed by atoms with Crippen molar-refractivity contribution in [3.63, 3.8) is 0 Å². The number of carbonyl (C=O) groups excluding carboxylic acids is 1. The number of nitro benzene ring substituents is 1. The number of non-ortho nitro benzene ring substituents is 1. The molecule has 0 saturated carbocycles. The highest BCUT2D eigenvalue weighted by molar-refractivity contribution is 5.91. The van der Waals surface area contributed by atoms with Gasteiger partial charge in [-0.15, -0.1) is 0 Å². The van der Waals surface area contributed by atoms with Gasteiger partial charge in [-0.1, -0.05) is 12.1 Å². The maximum absolute atomic E-state index is 12.0. The molecule has 1 heterocycles. The highest BCUT2D eigenvalue weighted by Crippen LogP contribution is 2.20. The first kappa shape index (κ1) is 18.6. The summed E-state index contributed by atoms with van der Waals surface area (Å²) in [7, 11) is 0. The van der Waals surface area contributed by atoms with Crippen LogP contribution in [0.2, 0.25) is 0 Å². The highest BCUT2D eigenvalue weighted by atomic mass is 16.6. The molecule has 27 heavy (non-hydrogen) atoms. The molecule has 0 unspecified atom stereocenters. The minimum Gasteiger partial charge on any atom is -0.372 e. The van der Waals surface area contributed by atoms with Gasteiger partial charge >= 0.3 is 0 Å². The highest BCUT2D eigenvalue weighted by Gasteiger charge is 2.10. The average Bonchev–Trinajstić information content (AvgIpc) is 2.72. The molecule has 1 fully saturated rings. The summed E-state index contributed by atoms with van der Waals surface area (Å²) in [4.78, 5) is 24.5. The quantitative estimate of drug-likeness (QED) is 0.478. The number of hydrogen-bond acceptors (Lipinski definition) is 4. The van der Waals surface area contributed by atoms with E-state index in [9.17, 15) is 14.9 Å². The summed E-state index contributed by atoms with van der Waals surface area (Å²) < 4.78 is 0. The van der Waals surface area contributed by atoms with Crippen LogP contribution >= 0.6 is 0 Å². The summed E-state index contributed by atoms with van der Waals surface area (Å²) in [6, 6.07) is 14.4. The van der Waals surface area contributed by atoms with Crippen LogP contribution in [-0.2, 0) is 11.3 Å². The van der Waals surface area contributed by atoms with Crippen LogP contribution in [0.1, 0.15) is 30.4 Å². The molecule has 2 aromatic carbocycles. The number of carbonyl (C=O) groups is 1. The summed E-state index contributed by atoms with van der Waals surface area (Å²) >= 11 is 0. The first-order valence-electron chi connectivity index (χ1n) is 9.16. The van der Waals surface area contributed by atoms with Crippen LogP contribution in [0.5, 0.6) is 0 Å². The maximum Gasteiger partial charge on any atom is 0.269 e. The molecular formula is C21H23N3O3. The van der Waals surface area contributed by atoms with Gasteiger partial charge in [0.1, 0.15) is 0 Å². The van der Waals surface area contributed by atoms with E-state index in [0.29, 0.717) is 6.54 Å². The van der Waals surface area contributed by atoms with Gasteiger partial charge < -0.3 is 10.2 Å². The third-order valence-corrected chi connectivity index (χ3v) is 4.66. The summed E-state index contributed by atoms with van der Waals surface area (Å²) in [5.41, 5.74) is 3.06. The van der Waals surface area contributed by atoms with Crippen LogP contribution in [0.4, 0.5) is 11.4 Å². The molecule has 1 aliphatic heterocycles. The fourth-order valence-electron chi connectivity index (χ4n) is 3.10. The minimum absolute atomic E-state index is 0.0320. The zero-order chi connectivity index (χ0) is 19.1. The molecule has 1 N–H and O–H groups in total. The van der Waals surface area contributed by atoms with E-state index >= 15 is 0 Å². The van der Waals surface area contributed by atoms with Gasteiger partial charge in [0.25, 0.3) is 5.69 Å². The number of benzene rings is 2. The van der Waals surface area contributed by atoms with E-state index < -0.39 is 4.92 Å². The third kappa shape index (κ3) is 5.41. The third-order valence-electron chi connectivity index (χ3n) is 4.66.